The Labute approximate surface area is 148 Å². The zero-order chi connectivity index (χ0) is 17.4. The fraction of sp³-hybridized carbons (Fsp3) is 0. The Balaban J connectivity index is 2.03. The molecule has 2 aromatic carbocycles. The van der Waals surface area contributed by atoms with Gasteiger partial charge in [-0.2, -0.15) is 0 Å². The minimum absolute atomic E-state index is 0.292. The average Bonchev–Trinajstić information content (AvgIpc) is 3.07. The molecule has 0 aliphatic carbocycles. The van der Waals surface area contributed by atoms with E-state index in [0.29, 0.717) is 16.3 Å². The largest absolute Gasteiger partial charge is 0.477 e. The normalized spacial score (nSPS) is 10.9. The third kappa shape index (κ3) is 2.64. The van der Waals surface area contributed by atoms with Crippen LogP contribution in [0.1, 0.15) is 9.67 Å². The third-order valence-corrected chi connectivity index (χ3v) is 5.21. The van der Waals surface area contributed by atoms with E-state index in [2.05, 4.69) is 4.98 Å². The fourth-order valence-corrected chi connectivity index (χ4v) is 3.93. The molecule has 0 aliphatic heterocycles. The number of aromatic carboxylic acids is 1. The molecule has 0 radical (unpaired) electrons. The van der Waals surface area contributed by atoms with E-state index in [0.717, 1.165) is 26.8 Å². The minimum atomic E-state index is -0.934. The number of pyridine rings is 1. The molecular formula is C20H14N2O2S. The van der Waals surface area contributed by atoms with Crippen molar-refractivity contribution in [1.82, 2.24) is 4.98 Å². The molecule has 4 aromatic rings. The maximum Gasteiger partial charge on any atom is 0.345 e. The Kier molecular flexibility index (Phi) is 3.71. The maximum absolute atomic E-state index is 11.3. The van der Waals surface area contributed by atoms with E-state index < -0.39 is 5.97 Å². The molecule has 0 amide bonds. The standard InChI is InChI=1S/C20H14N2O2S/c21-15-8-4-7-14(12-5-2-1-3-6-12)17(15)18-19-13(9-10-22-18)11-16(25-19)20(23)24/h1-11H,21H2,(H,23,24). The molecule has 0 saturated heterocycles. The van der Waals surface area contributed by atoms with E-state index in [1.165, 1.54) is 11.3 Å². The molecule has 4 rings (SSSR count). The van der Waals surface area contributed by atoms with Gasteiger partial charge in [0.1, 0.15) is 4.88 Å². The molecule has 5 heteroatoms. The van der Waals surface area contributed by atoms with Gasteiger partial charge in [-0.25, -0.2) is 4.79 Å². The Morgan fingerprint density at radius 2 is 1.84 bits per heavy atom. The molecule has 3 N–H and O–H groups in total. The van der Waals surface area contributed by atoms with Crippen LogP contribution in [0.15, 0.2) is 66.9 Å². The number of benzene rings is 2. The lowest BCUT2D eigenvalue weighted by molar-refractivity contribution is 0.0702. The number of nitrogens with two attached hydrogens (primary N) is 1. The summed E-state index contributed by atoms with van der Waals surface area (Å²) in [5.41, 5.74) is 10.5. The summed E-state index contributed by atoms with van der Waals surface area (Å²) in [5, 5.41) is 10.2. The van der Waals surface area contributed by atoms with Crippen LogP contribution in [0.25, 0.3) is 32.5 Å². The first-order valence-electron chi connectivity index (χ1n) is 7.71. The number of hydrogen-bond donors (Lipinski definition) is 2. The molecular weight excluding hydrogens is 332 g/mol. The molecule has 0 bridgehead atoms. The van der Waals surface area contributed by atoms with Crippen molar-refractivity contribution in [2.75, 3.05) is 5.73 Å². The SMILES string of the molecule is Nc1cccc(-c2ccccc2)c1-c1nccc2cc(C(=O)O)sc12. The summed E-state index contributed by atoms with van der Waals surface area (Å²) in [4.78, 5) is 16.2. The van der Waals surface area contributed by atoms with Crippen molar-refractivity contribution in [3.63, 3.8) is 0 Å². The van der Waals surface area contributed by atoms with E-state index in [1.807, 2.05) is 54.6 Å². The highest BCUT2D eigenvalue weighted by atomic mass is 32.1. The van der Waals surface area contributed by atoms with Gasteiger partial charge < -0.3 is 10.8 Å². The molecule has 122 valence electrons. The number of carboxylic acids is 1. The van der Waals surface area contributed by atoms with Crippen LogP contribution in [-0.4, -0.2) is 16.1 Å². The van der Waals surface area contributed by atoms with Gasteiger partial charge in [0.25, 0.3) is 0 Å². The number of rotatable bonds is 3. The van der Waals surface area contributed by atoms with Gasteiger partial charge in [-0.15, -0.1) is 11.3 Å². The highest BCUT2D eigenvalue weighted by molar-refractivity contribution is 7.21. The highest BCUT2D eigenvalue weighted by Crippen LogP contribution is 2.41. The van der Waals surface area contributed by atoms with Crippen LogP contribution in [-0.2, 0) is 0 Å². The second kappa shape index (κ2) is 6.03. The van der Waals surface area contributed by atoms with Crippen molar-refractivity contribution < 1.29 is 9.90 Å². The minimum Gasteiger partial charge on any atom is -0.477 e. The van der Waals surface area contributed by atoms with Gasteiger partial charge in [-0.3, -0.25) is 4.98 Å². The van der Waals surface area contributed by atoms with Crippen molar-refractivity contribution in [2.24, 2.45) is 0 Å². The smallest absolute Gasteiger partial charge is 0.345 e. The second-order valence-electron chi connectivity index (χ2n) is 5.63. The molecule has 2 aromatic heterocycles. The van der Waals surface area contributed by atoms with Crippen LogP contribution in [0.4, 0.5) is 5.69 Å². The van der Waals surface area contributed by atoms with Crippen molar-refractivity contribution in [3.8, 4) is 22.4 Å². The van der Waals surface area contributed by atoms with Crippen LogP contribution in [0, 0.1) is 0 Å². The van der Waals surface area contributed by atoms with E-state index in [4.69, 9.17) is 5.73 Å². The number of carbonyl (C=O) groups is 1. The van der Waals surface area contributed by atoms with Crippen LogP contribution in [0.5, 0.6) is 0 Å². The first kappa shape index (κ1) is 15.4. The van der Waals surface area contributed by atoms with Gasteiger partial charge in [0.2, 0.25) is 0 Å². The lowest BCUT2D eigenvalue weighted by Crippen LogP contribution is -1.95. The van der Waals surface area contributed by atoms with Crippen molar-refractivity contribution in [2.45, 2.75) is 0 Å². The summed E-state index contributed by atoms with van der Waals surface area (Å²) in [6, 6.07) is 19.2. The van der Waals surface area contributed by atoms with Crippen LogP contribution in [0.3, 0.4) is 0 Å². The predicted octanol–water partition coefficient (Wildman–Crippen LogP) is 4.91. The van der Waals surface area contributed by atoms with Gasteiger partial charge in [0.05, 0.1) is 10.4 Å². The van der Waals surface area contributed by atoms with Crippen LogP contribution in [0.2, 0.25) is 0 Å². The number of hydrogen-bond acceptors (Lipinski definition) is 4. The zero-order valence-electron chi connectivity index (χ0n) is 13.1. The third-order valence-electron chi connectivity index (χ3n) is 4.06. The molecule has 0 spiro atoms. The lowest BCUT2D eigenvalue weighted by atomic mass is 9.95. The van der Waals surface area contributed by atoms with Crippen LogP contribution < -0.4 is 5.73 Å². The number of fused-ring (bicyclic) bond motifs is 1. The number of thiophene rings is 1. The topological polar surface area (TPSA) is 76.2 Å². The Morgan fingerprint density at radius 3 is 2.60 bits per heavy atom. The molecule has 0 aliphatic rings. The van der Waals surface area contributed by atoms with Crippen molar-refractivity contribution in [1.29, 1.82) is 0 Å². The number of carboxylic acid groups (broad SMARTS) is 1. The second-order valence-corrected chi connectivity index (χ2v) is 6.68. The van der Waals surface area contributed by atoms with E-state index in [1.54, 1.807) is 12.3 Å². The highest BCUT2D eigenvalue weighted by Gasteiger charge is 2.18. The maximum atomic E-state index is 11.3. The van der Waals surface area contributed by atoms with Gasteiger partial charge in [-0.1, -0.05) is 42.5 Å². The molecule has 25 heavy (non-hydrogen) atoms. The summed E-state index contributed by atoms with van der Waals surface area (Å²) >= 11 is 1.22. The molecule has 0 atom stereocenters. The summed E-state index contributed by atoms with van der Waals surface area (Å²) in [7, 11) is 0. The Morgan fingerprint density at radius 1 is 1.04 bits per heavy atom. The van der Waals surface area contributed by atoms with E-state index in [-0.39, 0.29) is 0 Å². The van der Waals surface area contributed by atoms with Gasteiger partial charge in [0.15, 0.2) is 0 Å². The predicted molar refractivity (Wildman–Crippen MR) is 102 cm³/mol. The van der Waals surface area contributed by atoms with E-state index in [9.17, 15) is 9.90 Å². The summed E-state index contributed by atoms with van der Waals surface area (Å²) in [5.74, 6) is -0.934. The monoisotopic (exact) mass is 346 g/mol. The van der Waals surface area contributed by atoms with Crippen molar-refractivity contribution >= 4 is 33.1 Å². The number of anilines is 1. The summed E-state index contributed by atoms with van der Waals surface area (Å²) < 4.78 is 0.829. The average molecular weight is 346 g/mol. The number of aromatic nitrogens is 1. The van der Waals surface area contributed by atoms with Crippen LogP contribution >= 0.6 is 11.3 Å². The van der Waals surface area contributed by atoms with E-state index >= 15 is 0 Å². The van der Waals surface area contributed by atoms with Gasteiger partial charge in [-0.05, 0) is 34.7 Å². The first-order valence-corrected chi connectivity index (χ1v) is 8.53. The Bertz CT molecular complexity index is 1090. The van der Waals surface area contributed by atoms with Gasteiger partial charge in [0, 0.05) is 17.4 Å². The quantitative estimate of drug-likeness (QED) is 0.517. The zero-order valence-corrected chi connectivity index (χ0v) is 14.0. The number of nitrogens with zero attached hydrogens (tertiary/aromatic N) is 1. The molecule has 4 nitrogen and oxygen atoms in total. The summed E-state index contributed by atoms with van der Waals surface area (Å²) in [6.07, 6.45) is 1.69. The number of nitrogen functional groups attached to an aromatic ring is 1. The van der Waals surface area contributed by atoms with Gasteiger partial charge >= 0.3 is 5.97 Å². The molecule has 0 unspecified atom stereocenters. The molecule has 2 heterocycles. The summed E-state index contributed by atoms with van der Waals surface area (Å²) in [6.45, 7) is 0. The fourth-order valence-electron chi connectivity index (χ4n) is 2.94. The van der Waals surface area contributed by atoms with Crippen molar-refractivity contribution in [3.05, 3.63) is 71.7 Å². The lowest BCUT2D eigenvalue weighted by Gasteiger charge is -2.13. The molecule has 0 fully saturated rings. The molecule has 0 saturated carbocycles. The first-order chi connectivity index (χ1) is 12.1. The Hall–Kier alpha value is -3.18.